The van der Waals surface area contributed by atoms with Crippen LogP contribution in [-0.4, -0.2) is 11.0 Å². The van der Waals surface area contributed by atoms with Crippen molar-refractivity contribution in [3.8, 4) is 0 Å². The molecule has 1 aromatic heterocycles. The van der Waals surface area contributed by atoms with E-state index in [4.69, 9.17) is 0 Å². The van der Waals surface area contributed by atoms with Gasteiger partial charge in [0.15, 0.2) is 0 Å². The zero-order valence-corrected chi connectivity index (χ0v) is 10.5. The number of carbonyl (C=O) groups excluding carboxylic acids is 1. The lowest BCUT2D eigenvalue weighted by atomic mass is 10.0. The maximum Gasteiger partial charge on any atom is 0.211 e. The van der Waals surface area contributed by atoms with E-state index < -0.39 is 0 Å². The number of aryl methyl sites for hydroxylation is 1. The highest BCUT2D eigenvalue weighted by Gasteiger charge is 2.08. The van der Waals surface area contributed by atoms with Crippen molar-refractivity contribution >= 4 is 23.0 Å². The molecule has 0 saturated heterocycles. The Morgan fingerprint density at radius 1 is 1.41 bits per heavy atom. The number of anilines is 1. The molecular weight excluding hydrogens is 212 g/mol. The van der Waals surface area contributed by atoms with Crippen LogP contribution in [0.2, 0.25) is 0 Å². The van der Waals surface area contributed by atoms with Gasteiger partial charge in [-0.25, -0.2) is 0 Å². The predicted octanol–water partition coefficient (Wildman–Crippen LogP) is 2.95. The van der Waals surface area contributed by atoms with E-state index in [9.17, 15) is 4.79 Å². The normalized spacial score (nSPS) is 11.1. The molecule has 0 radical (unpaired) electrons. The number of nitrogens with one attached hydrogen (secondary N) is 1. The van der Waals surface area contributed by atoms with Crippen molar-refractivity contribution in [2.75, 3.05) is 5.32 Å². The molecule has 0 aliphatic heterocycles. The van der Waals surface area contributed by atoms with Crippen LogP contribution in [0.1, 0.15) is 19.4 Å². The minimum atomic E-state index is 0.628. The summed E-state index contributed by atoms with van der Waals surface area (Å²) in [5.41, 5.74) is 3.40. The minimum Gasteiger partial charge on any atom is -0.350 e. The van der Waals surface area contributed by atoms with Crippen LogP contribution in [0.4, 0.5) is 5.69 Å². The molecule has 2 rings (SSSR count). The molecule has 2 aromatic rings. The van der Waals surface area contributed by atoms with Gasteiger partial charge in [0.05, 0.1) is 0 Å². The third kappa shape index (κ3) is 2.33. The van der Waals surface area contributed by atoms with E-state index in [1.54, 1.807) is 0 Å². The van der Waals surface area contributed by atoms with Crippen molar-refractivity contribution < 1.29 is 4.79 Å². The Morgan fingerprint density at radius 3 is 2.82 bits per heavy atom. The zero-order chi connectivity index (χ0) is 12.4. The average molecular weight is 230 g/mol. The highest BCUT2D eigenvalue weighted by Crippen LogP contribution is 2.26. The molecule has 0 saturated carbocycles. The molecule has 90 valence electrons. The standard InChI is InChI=1S/C14H18N2O/c1-10(2)6-11-8-16(3)14-5-4-12(15-9-17)7-13(11)14/h4-5,7-10H,6H2,1-3H3,(H,15,17). The maximum atomic E-state index is 10.5. The van der Waals surface area contributed by atoms with Crippen molar-refractivity contribution in [2.45, 2.75) is 20.3 Å². The molecule has 1 heterocycles. The van der Waals surface area contributed by atoms with Gasteiger partial charge >= 0.3 is 0 Å². The number of aromatic nitrogens is 1. The lowest BCUT2D eigenvalue weighted by Crippen LogP contribution is -1.94. The van der Waals surface area contributed by atoms with Crippen LogP contribution in [0, 0.1) is 5.92 Å². The summed E-state index contributed by atoms with van der Waals surface area (Å²) in [6, 6.07) is 6.02. The van der Waals surface area contributed by atoms with Crippen LogP contribution < -0.4 is 5.32 Å². The van der Waals surface area contributed by atoms with E-state index in [0.717, 1.165) is 12.1 Å². The molecule has 3 nitrogen and oxygen atoms in total. The van der Waals surface area contributed by atoms with Crippen LogP contribution in [0.5, 0.6) is 0 Å². The molecule has 0 spiro atoms. The highest BCUT2D eigenvalue weighted by atomic mass is 16.1. The molecule has 17 heavy (non-hydrogen) atoms. The van der Waals surface area contributed by atoms with E-state index in [1.165, 1.54) is 16.5 Å². The topological polar surface area (TPSA) is 34.0 Å². The van der Waals surface area contributed by atoms with Gasteiger partial charge in [-0.3, -0.25) is 4.79 Å². The van der Waals surface area contributed by atoms with E-state index in [1.807, 2.05) is 18.2 Å². The number of hydrogen-bond donors (Lipinski definition) is 1. The van der Waals surface area contributed by atoms with Gasteiger partial charge in [0, 0.05) is 29.8 Å². The highest BCUT2D eigenvalue weighted by molar-refractivity contribution is 5.89. The summed E-state index contributed by atoms with van der Waals surface area (Å²) < 4.78 is 2.14. The lowest BCUT2D eigenvalue weighted by molar-refractivity contribution is -0.105. The second kappa shape index (κ2) is 4.62. The molecule has 1 amide bonds. The van der Waals surface area contributed by atoms with Gasteiger partial charge in [0.1, 0.15) is 0 Å². The molecule has 0 bridgehead atoms. The first-order valence-electron chi connectivity index (χ1n) is 5.90. The Labute approximate surface area is 101 Å². The second-order valence-corrected chi connectivity index (χ2v) is 4.86. The van der Waals surface area contributed by atoms with E-state index in [2.05, 4.69) is 37.0 Å². The van der Waals surface area contributed by atoms with Crippen molar-refractivity contribution in [3.63, 3.8) is 0 Å². The molecule has 1 aromatic carbocycles. The number of rotatable bonds is 4. The Balaban J connectivity index is 2.52. The van der Waals surface area contributed by atoms with E-state index in [0.29, 0.717) is 12.3 Å². The third-order valence-electron chi connectivity index (χ3n) is 2.93. The summed E-state index contributed by atoms with van der Waals surface area (Å²) in [4.78, 5) is 10.5. The first-order chi connectivity index (χ1) is 8.11. The Morgan fingerprint density at radius 2 is 2.18 bits per heavy atom. The fourth-order valence-corrected chi connectivity index (χ4v) is 2.23. The molecule has 0 atom stereocenters. The first-order valence-corrected chi connectivity index (χ1v) is 5.90. The number of amides is 1. The Bertz CT molecular complexity index is 540. The number of nitrogens with zero attached hydrogens (tertiary/aromatic N) is 1. The number of hydrogen-bond acceptors (Lipinski definition) is 1. The van der Waals surface area contributed by atoms with E-state index >= 15 is 0 Å². The summed E-state index contributed by atoms with van der Waals surface area (Å²) in [6.07, 6.45) is 3.95. The molecular formula is C14H18N2O. The van der Waals surface area contributed by atoms with Gasteiger partial charge in [-0.05, 0) is 36.1 Å². The largest absolute Gasteiger partial charge is 0.350 e. The lowest BCUT2D eigenvalue weighted by Gasteiger charge is -2.04. The fraction of sp³-hybridized carbons (Fsp3) is 0.357. The number of benzene rings is 1. The summed E-state index contributed by atoms with van der Waals surface area (Å²) >= 11 is 0. The molecule has 0 fully saturated rings. The van der Waals surface area contributed by atoms with Crippen LogP contribution in [0.3, 0.4) is 0 Å². The van der Waals surface area contributed by atoms with Gasteiger partial charge in [0.25, 0.3) is 0 Å². The maximum absolute atomic E-state index is 10.5. The van der Waals surface area contributed by atoms with Crippen LogP contribution in [0.25, 0.3) is 10.9 Å². The van der Waals surface area contributed by atoms with Crippen molar-refractivity contribution in [3.05, 3.63) is 30.0 Å². The van der Waals surface area contributed by atoms with Gasteiger partial charge < -0.3 is 9.88 Å². The average Bonchev–Trinajstić information content (AvgIpc) is 2.55. The Hall–Kier alpha value is -1.77. The second-order valence-electron chi connectivity index (χ2n) is 4.86. The van der Waals surface area contributed by atoms with Crippen molar-refractivity contribution in [2.24, 2.45) is 13.0 Å². The van der Waals surface area contributed by atoms with Gasteiger partial charge in [0.2, 0.25) is 6.41 Å². The smallest absolute Gasteiger partial charge is 0.211 e. The monoisotopic (exact) mass is 230 g/mol. The molecule has 0 aliphatic carbocycles. The molecule has 0 aliphatic rings. The van der Waals surface area contributed by atoms with Crippen molar-refractivity contribution in [1.82, 2.24) is 4.57 Å². The third-order valence-corrected chi connectivity index (χ3v) is 2.93. The number of carbonyl (C=O) groups is 1. The predicted molar refractivity (Wildman–Crippen MR) is 71.1 cm³/mol. The van der Waals surface area contributed by atoms with Crippen LogP contribution >= 0.6 is 0 Å². The fourth-order valence-electron chi connectivity index (χ4n) is 2.23. The Kier molecular flexibility index (Phi) is 3.18. The van der Waals surface area contributed by atoms with Gasteiger partial charge in [-0.15, -0.1) is 0 Å². The van der Waals surface area contributed by atoms with Gasteiger partial charge in [-0.2, -0.15) is 0 Å². The summed E-state index contributed by atoms with van der Waals surface area (Å²) in [5, 5.41) is 3.93. The summed E-state index contributed by atoms with van der Waals surface area (Å²) in [6.45, 7) is 4.43. The van der Waals surface area contributed by atoms with E-state index in [-0.39, 0.29) is 0 Å². The van der Waals surface area contributed by atoms with Gasteiger partial charge in [-0.1, -0.05) is 13.8 Å². The summed E-state index contributed by atoms with van der Waals surface area (Å²) in [5.74, 6) is 0.628. The molecule has 1 N–H and O–H groups in total. The minimum absolute atomic E-state index is 0.628. The van der Waals surface area contributed by atoms with Crippen LogP contribution in [0.15, 0.2) is 24.4 Å². The van der Waals surface area contributed by atoms with Crippen molar-refractivity contribution in [1.29, 1.82) is 0 Å². The quantitative estimate of drug-likeness (QED) is 0.805. The molecule has 0 unspecified atom stereocenters. The van der Waals surface area contributed by atoms with Crippen LogP contribution in [-0.2, 0) is 18.3 Å². The first kappa shape index (κ1) is 11.7. The zero-order valence-electron chi connectivity index (χ0n) is 10.5. The summed E-state index contributed by atoms with van der Waals surface area (Å²) in [7, 11) is 2.05. The molecule has 3 heteroatoms. The SMILES string of the molecule is CC(C)Cc1cn(C)c2ccc(NC=O)cc12. The number of fused-ring (bicyclic) bond motifs is 1.